The highest BCUT2D eigenvalue weighted by molar-refractivity contribution is 6.30. The maximum absolute atomic E-state index is 11.3. The van der Waals surface area contributed by atoms with E-state index in [1.54, 1.807) is 12.4 Å². The normalized spacial score (nSPS) is 10.9. The van der Waals surface area contributed by atoms with E-state index in [0.29, 0.717) is 17.5 Å². The van der Waals surface area contributed by atoms with Crippen LogP contribution in [0.3, 0.4) is 0 Å². The summed E-state index contributed by atoms with van der Waals surface area (Å²) in [5.74, 6) is 0.551. The van der Waals surface area contributed by atoms with Crippen molar-refractivity contribution in [2.45, 2.75) is 6.54 Å². The molecular formula is C18H14ClN5O. The van der Waals surface area contributed by atoms with Crippen LogP contribution in [0.25, 0.3) is 22.2 Å². The van der Waals surface area contributed by atoms with Crippen molar-refractivity contribution in [3.8, 4) is 11.1 Å². The van der Waals surface area contributed by atoms with Crippen molar-refractivity contribution in [1.82, 2.24) is 19.9 Å². The van der Waals surface area contributed by atoms with Gasteiger partial charge in [0.15, 0.2) is 0 Å². The Morgan fingerprint density at radius 2 is 1.64 bits per heavy atom. The molecule has 0 fully saturated rings. The molecule has 3 N–H and O–H groups in total. The predicted octanol–water partition coefficient (Wildman–Crippen LogP) is 3.58. The Bertz CT molecular complexity index is 1070. The number of imidazole rings is 1. The number of nitrogens with one attached hydrogen (secondary N) is 3. The summed E-state index contributed by atoms with van der Waals surface area (Å²) in [6.07, 6.45) is 3.51. The number of halogens is 1. The molecule has 0 amide bonds. The first kappa shape index (κ1) is 15.4. The predicted molar refractivity (Wildman–Crippen MR) is 98.7 cm³/mol. The number of aromatic amines is 2. The molecule has 0 aliphatic rings. The van der Waals surface area contributed by atoms with Gasteiger partial charge in [0.05, 0.1) is 11.0 Å². The quantitative estimate of drug-likeness (QED) is 0.524. The second kappa shape index (κ2) is 6.41. The van der Waals surface area contributed by atoms with Crippen LogP contribution in [0.1, 0.15) is 5.56 Å². The molecule has 0 spiro atoms. The fourth-order valence-electron chi connectivity index (χ4n) is 2.56. The molecule has 0 atom stereocenters. The van der Waals surface area contributed by atoms with E-state index in [0.717, 1.165) is 27.7 Å². The number of hydrogen-bond acceptors (Lipinski definition) is 4. The van der Waals surface area contributed by atoms with Gasteiger partial charge in [-0.3, -0.25) is 0 Å². The van der Waals surface area contributed by atoms with Gasteiger partial charge in [-0.15, -0.1) is 0 Å². The van der Waals surface area contributed by atoms with Gasteiger partial charge in [-0.05, 0) is 35.4 Å². The molecule has 7 heteroatoms. The lowest BCUT2D eigenvalue weighted by Gasteiger charge is -2.06. The summed E-state index contributed by atoms with van der Waals surface area (Å²) >= 11 is 5.88. The molecule has 4 aromatic rings. The average Bonchev–Trinajstić information content (AvgIpc) is 3.01. The molecule has 124 valence electrons. The van der Waals surface area contributed by atoms with Gasteiger partial charge in [0.2, 0.25) is 5.95 Å². The van der Waals surface area contributed by atoms with Gasteiger partial charge in [0.1, 0.15) is 0 Å². The van der Waals surface area contributed by atoms with E-state index in [2.05, 4.69) is 25.3 Å². The van der Waals surface area contributed by atoms with Crippen LogP contribution in [0.15, 0.2) is 59.7 Å². The molecule has 2 aromatic carbocycles. The molecule has 6 nitrogen and oxygen atoms in total. The first-order valence-corrected chi connectivity index (χ1v) is 8.08. The summed E-state index contributed by atoms with van der Waals surface area (Å²) in [5, 5.41) is 3.89. The Labute approximate surface area is 147 Å². The summed E-state index contributed by atoms with van der Waals surface area (Å²) in [5.41, 5.74) is 4.22. The van der Waals surface area contributed by atoms with E-state index in [1.807, 2.05) is 42.5 Å². The van der Waals surface area contributed by atoms with Crippen molar-refractivity contribution in [3.05, 3.63) is 75.9 Å². The summed E-state index contributed by atoms with van der Waals surface area (Å²) in [4.78, 5) is 25.5. The highest BCUT2D eigenvalue weighted by Gasteiger charge is 2.04. The fourth-order valence-corrected chi connectivity index (χ4v) is 2.69. The third-order valence-electron chi connectivity index (χ3n) is 3.87. The van der Waals surface area contributed by atoms with Crippen LogP contribution < -0.4 is 11.0 Å². The molecule has 25 heavy (non-hydrogen) atoms. The highest BCUT2D eigenvalue weighted by atomic mass is 35.5. The van der Waals surface area contributed by atoms with Gasteiger partial charge in [0, 0.05) is 29.5 Å². The minimum absolute atomic E-state index is 0.217. The first-order valence-electron chi connectivity index (χ1n) is 7.70. The smallest absolute Gasteiger partial charge is 0.323 e. The zero-order chi connectivity index (χ0) is 17.2. The SMILES string of the molecule is O=c1[nH]c2ccc(-c3cnc(NCc4ccc(Cl)cc4)nc3)cc2[nH]1. The number of aromatic nitrogens is 4. The van der Waals surface area contributed by atoms with Gasteiger partial charge >= 0.3 is 5.69 Å². The Kier molecular flexibility index (Phi) is 3.95. The lowest BCUT2D eigenvalue weighted by atomic mass is 10.1. The third-order valence-corrected chi connectivity index (χ3v) is 4.12. The number of nitrogens with zero attached hydrogens (tertiary/aromatic N) is 2. The first-order chi connectivity index (χ1) is 12.2. The van der Waals surface area contributed by atoms with Crippen molar-refractivity contribution in [2.24, 2.45) is 0 Å². The number of fused-ring (bicyclic) bond motifs is 1. The van der Waals surface area contributed by atoms with Crippen LogP contribution in [-0.4, -0.2) is 19.9 Å². The minimum Gasteiger partial charge on any atom is -0.350 e. The van der Waals surface area contributed by atoms with E-state index >= 15 is 0 Å². The molecule has 4 rings (SSSR count). The van der Waals surface area contributed by atoms with E-state index < -0.39 is 0 Å². The topological polar surface area (TPSA) is 86.5 Å². The average molecular weight is 352 g/mol. The summed E-state index contributed by atoms with van der Waals surface area (Å²) < 4.78 is 0. The van der Waals surface area contributed by atoms with E-state index in [9.17, 15) is 4.79 Å². The molecule has 0 bridgehead atoms. The second-order valence-electron chi connectivity index (χ2n) is 5.61. The van der Waals surface area contributed by atoms with E-state index in [4.69, 9.17) is 11.6 Å². The van der Waals surface area contributed by atoms with Gasteiger partial charge in [-0.25, -0.2) is 14.8 Å². The molecule has 0 saturated carbocycles. The molecule has 0 radical (unpaired) electrons. The van der Waals surface area contributed by atoms with Crippen LogP contribution in [-0.2, 0) is 6.54 Å². The maximum atomic E-state index is 11.3. The molecule has 2 aromatic heterocycles. The van der Waals surface area contributed by atoms with Crippen LogP contribution in [0.5, 0.6) is 0 Å². The number of hydrogen-bond donors (Lipinski definition) is 3. The summed E-state index contributed by atoms with van der Waals surface area (Å²) in [6, 6.07) is 13.3. The van der Waals surface area contributed by atoms with Gasteiger partial charge < -0.3 is 15.3 Å². The number of rotatable bonds is 4. The van der Waals surface area contributed by atoms with Crippen LogP contribution in [0.4, 0.5) is 5.95 Å². The standard InChI is InChI=1S/C18H14ClN5O/c19-14-4-1-11(2-5-14)8-20-17-21-9-13(10-22-17)12-3-6-15-16(7-12)24-18(25)23-15/h1-7,9-10H,8H2,(H,20,21,22)(H2,23,24,25). The highest BCUT2D eigenvalue weighted by Crippen LogP contribution is 2.21. The number of benzene rings is 2. The van der Waals surface area contributed by atoms with E-state index in [1.165, 1.54) is 0 Å². The number of anilines is 1. The van der Waals surface area contributed by atoms with E-state index in [-0.39, 0.29) is 5.69 Å². The maximum Gasteiger partial charge on any atom is 0.323 e. The largest absolute Gasteiger partial charge is 0.350 e. The van der Waals surface area contributed by atoms with Crippen molar-refractivity contribution in [1.29, 1.82) is 0 Å². The monoisotopic (exact) mass is 351 g/mol. The molecular weight excluding hydrogens is 338 g/mol. The molecule has 0 saturated heterocycles. The minimum atomic E-state index is -0.217. The van der Waals surface area contributed by atoms with Crippen LogP contribution in [0.2, 0.25) is 5.02 Å². The Morgan fingerprint density at radius 1 is 0.920 bits per heavy atom. The Morgan fingerprint density at radius 3 is 2.40 bits per heavy atom. The molecule has 2 heterocycles. The molecule has 0 aliphatic carbocycles. The summed E-state index contributed by atoms with van der Waals surface area (Å²) in [6.45, 7) is 0.618. The van der Waals surface area contributed by atoms with Gasteiger partial charge in [-0.1, -0.05) is 29.8 Å². The lowest BCUT2D eigenvalue weighted by molar-refractivity contribution is 1.06. The lowest BCUT2D eigenvalue weighted by Crippen LogP contribution is -2.03. The zero-order valence-electron chi connectivity index (χ0n) is 13.1. The fraction of sp³-hybridized carbons (Fsp3) is 0.0556. The van der Waals surface area contributed by atoms with Crippen molar-refractivity contribution < 1.29 is 0 Å². The summed E-state index contributed by atoms with van der Waals surface area (Å²) in [7, 11) is 0. The van der Waals surface area contributed by atoms with Gasteiger partial charge in [0.25, 0.3) is 0 Å². The Hall–Kier alpha value is -3.12. The van der Waals surface area contributed by atoms with Crippen molar-refractivity contribution in [2.75, 3.05) is 5.32 Å². The van der Waals surface area contributed by atoms with Crippen molar-refractivity contribution in [3.63, 3.8) is 0 Å². The van der Waals surface area contributed by atoms with Crippen LogP contribution in [0, 0.1) is 0 Å². The van der Waals surface area contributed by atoms with Crippen LogP contribution >= 0.6 is 11.6 Å². The Balaban J connectivity index is 1.50. The molecule has 0 unspecified atom stereocenters. The zero-order valence-corrected chi connectivity index (χ0v) is 13.8. The second-order valence-corrected chi connectivity index (χ2v) is 6.05. The number of H-pyrrole nitrogens is 2. The molecule has 0 aliphatic heterocycles. The third kappa shape index (κ3) is 3.39. The van der Waals surface area contributed by atoms with Crippen molar-refractivity contribution >= 4 is 28.6 Å². The van der Waals surface area contributed by atoms with Gasteiger partial charge in [-0.2, -0.15) is 0 Å².